The van der Waals surface area contributed by atoms with Crippen LogP contribution in [0.25, 0.3) is 0 Å². The van der Waals surface area contributed by atoms with Crippen molar-refractivity contribution in [1.29, 1.82) is 0 Å². The van der Waals surface area contributed by atoms with Gasteiger partial charge < -0.3 is 10.1 Å². The van der Waals surface area contributed by atoms with Gasteiger partial charge in [-0.2, -0.15) is 11.8 Å². The van der Waals surface area contributed by atoms with Crippen molar-refractivity contribution in [1.82, 2.24) is 5.32 Å². The Bertz CT molecular complexity index is 356. The summed E-state index contributed by atoms with van der Waals surface area (Å²) in [7, 11) is 1.75. The Morgan fingerprint density at radius 2 is 2.00 bits per heavy atom. The predicted octanol–water partition coefficient (Wildman–Crippen LogP) is 3.75. The molecule has 0 fully saturated rings. The third-order valence-corrected chi connectivity index (χ3v) is 4.81. The number of likely N-dealkylation sites (N-methyl/N-ethyl adjacent to an activating group) is 1. The van der Waals surface area contributed by atoms with Crippen LogP contribution in [0.2, 0.25) is 0 Å². The van der Waals surface area contributed by atoms with E-state index in [1.54, 1.807) is 7.11 Å². The first-order chi connectivity index (χ1) is 9.21. The molecule has 2 atom stereocenters. The predicted molar refractivity (Wildman–Crippen MR) is 86.4 cm³/mol. The van der Waals surface area contributed by atoms with E-state index in [4.69, 9.17) is 4.74 Å². The van der Waals surface area contributed by atoms with E-state index < -0.39 is 0 Å². The number of methoxy groups -OCH3 is 1. The van der Waals surface area contributed by atoms with Gasteiger partial charge in [0, 0.05) is 17.0 Å². The molecule has 1 N–H and O–H groups in total. The lowest BCUT2D eigenvalue weighted by molar-refractivity contribution is 0.406. The van der Waals surface area contributed by atoms with Crippen LogP contribution in [0.5, 0.6) is 5.75 Å². The van der Waals surface area contributed by atoms with E-state index in [9.17, 15) is 0 Å². The summed E-state index contributed by atoms with van der Waals surface area (Å²) in [5.41, 5.74) is 1.29. The number of hydrogen-bond donors (Lipinski definition) is 1. The molecule has 0 aromatic heterocycles. The number of benzene rings is 1. The average molecular weight is 281 g/mol. The van der Waals surface area contributed by atoms with Crippen LogP contribution in [0, 0.1) is 0 Å². The summed E-state index contributed by atoms with van der Waals surface area (Å²) in [6, 6.07) is 8.83. The molecule has 0 radical (unpaired) electrons. The Balaban J connectivity index is 2.61. The maximum absolute atomic E-state index is 5.44. The van der Waals surface area contributed by atoms with E-state index >= 15 is 0 Å². The number of hydrogen-bond acceptors (Lipinski definition) is 3. The summed E-state index contributed by atoms with van der Waals surface area (Å²) in [5.74, 6) is 2.15. The molecule has 3 heteroatoms. The normalized spacial score (nSPS) is 14.1. The van der Waals surface area contributed by atoms with Gasteiger partial charge in [-0.3, -0.25) is 0 Å². The fraction of sp³-hybridized carbons (Fsp3) is 0.625. The third kappa shape index (κ3) is 5.87. The van der Waals surface area contributed by atoms with Gasteiger partial charge in [0.25, 0.3) is 0 Å². The van der Waals surface area contributed by atoms with Gasteiger partial charge in [-0.15, -0.1) is 0 Å². The topological polar surface area (TPSA) is 21.3 Å². The smallest absolute Gasteiger partial charge is 0.122 e. The number of nitrogens with one attached hydrogen (secondary N) is 1. The molecule has 1 aromatic carbocycles. The molecule has 2 nitrogen and oxygen atoms in total. The number of para-hydroxylation sites is 1. The molecule has 19 heavy (non-hydrogen) atoms. The van der Waals surface area contributed by atoms with Gasteiger partial charge in [-0.1, -0.05) is 39.0 Å². The Labute approximate surface area is 122 Å². The molecule has 0 aliphatic rings. The highest BCUT2D eigenvalue weighted by atomic mass is 32.2. The zero-order valence-electron chi connectivity index (χ0n) is 12.6. The van der Waals surface area contributed by atoms with Gasteiger partial charge in [0.05, 0.1) is 7.11 Å². The van der Waals surface area contributed by atoms with Crippen LogP contribution >= 0.6 is 11.8 Å². The highest BCUT2D eigenvalue weighted by Crippen LogP contribution is 2.21. The zero-order chi connectivity index (χ0) is 14.1. The molecule has 0 aliphatic carbocycles. The molecule has 1 rings (SSSR count). The summed E-state index contributed by atoms with van der Waals surface area (Å²) in [6.45, 7) is 7.74. The summed E-state index contributed by atoms with van der Waals surface area (Å²) in [5, 5.41) is 4.32. The van der Waals surface area contributed by atoms with Crippen LogP contribution in [0.15, 0.2) is 24.3 Å². The van der Waals surface area contributed by atoms with Gasteiger partial charge >= 0.3 is 0 Å². The molecule has 2 unspecified atom stereocenters. The zero-order valence-corrected chi connectivity index (χ0v) is 13.4. The molecule has 1 aromatic rings. The van der Waals surface area contributed by atoms with E-state index in [2.05, 4.69) is 50.0 Å². The molecule has 0 spiro atoms. The number of thioether (sulfide) groups is 1. The van der Waals surface area contributed by atoms with Gasteiger partial charge in [0.15, 0.2) is 0 Å². The Kier molecular flexibility index (Phi) is 7.99. The van der Waals surface area contributed by atoms with Crippen molar-refractivity contribution in [2.75, 3.05) is 19.4 Å². The van der Waals surface area contributed by atoms with Crippen LogP contribution in [-0.4, -0.2) is 30.7 Å². The van der Waals surface area contributed by atoms with Crippen molar-refractivity contribution in [2.24, 2.45) is 0 Å². The maximum Gasteiger partial charge on any atom is 0.122 e. The minimum absolute atomic E-state index is 0.514. The van der Waals surface area contributed by atoms with Gasteiger partial charge in [-0.25, -0.2) is 0 Å². The Morgan fingerprint density at radius 3 is 2.63 bits per heavy atom. The van der Waals surface area contributed by atoms with Crippen LogP contribution in [0.1, 0.15) is 32.8 Å². The monoisotopic (exact) mass is 281 g/mol. The van der Waals surface area contributed by atoms with Gasteiger partial charge in [-0.05, 0) is 31.0 Å². The van der Waals surface area contributed by atoms with Crippen molar-refractivity contribution in [2.45, 2.75) is 44.9 Å². The SMILES string of the molecule is CCNC(CSC(C)CC)Cc1ccccc1OC. The summed E-state index contributed by atoms with van der Waals surface area (Å²) in [4.78, 5) is 0. The van der Waals surface area contributed by atoms with E-state index in [-0.39, 0.29) is 0 Å². The van der Waals surface area contributed by atoms with Crippen LogP contribution < -0.4 is 10.1 Å². The molecule has 0 aliphatic heterocycles. The molecular weight excluding hydrogens is 254 g/mol. The van der Waals surface area contributed by atoms with Crippen LogP contribution in [0.3, 0.4) is 0 Å². The Hall–Kier alpha value is -0.670. The van der Waals surface area contributed by atoms with Gasteiger partial charge in [0.2, 0.25) is 0 Å². The van der Waals surface area contributed by atoms with E-state index in [0.717, 1.165) is 29.7 Å². The largest absolute Gasteiger partial charge is 0.496 e. The first kappa shape index (κ1) is 16.4. The maximum atomic E-state index is 5.44. The van der Waals surface area contributed by atoms with Crippen LogP contribution in [-0.2, 0) is 6.42 Å². The minimum atomic E-state index is 0.514. The molecule has 0 bridgehead atoms. The first-order valence-corrected chi connectivity index (χ1v) is 8.22. The van der Waals surface area contributed by atoms with E-state index in [0.29, 0.717) is 6.04 Å². The third-order valence-electron chi connectivity index (χ3n) is 3.31. The van der Waals surface area contributed by atoms with Crippen LogP contribution in [0.4, 0.5) is 0 Å². The fourth-order valence-electron chi connectivity index (χ4n) is 2.01. The fourth-order valence-corrected chi connectivity index (χ4v) is 3.05. The molecule has 0 saturated heterocycles. The summed E-state index contributed by atoms with van der Waals surface area (Å²) in [6.07, 6.45) is 2.26. The highest BCUT2D eigenvalue weighted by Gasteiger charge is 2.13. The average Bonchev–Trinajstić information content (AvgIpc) is 2.45. The quantitative estimate of drug-likeness (QED) is 0.745. The van der Waals surface area contributed by atoms with E-state index in [1.807, 2.05) is 12.1 Å². The molecule has 108 valence electrons. The highest BCUT2D eigenvalue weighted by molar-refractivity contribution is 7.99. The van der Waals surface area contributed by atoms with Crippen molar-refractivity contribution in [3.8, 4) is 5.75 Å². The Morgan fingerprint density at radius 1 is 1.26 bits per heavy atom. The molecular formula is C16H27NOS. The molecule has 0 saturated carbocycles. The standard InChI is InChI=1S/C16H27NOS/c1-5-13(3)19-12-15(17-6-2)11-14-9-7-8-10-16(14)18-4/h7-10,13,15,17H,5-6,11-12H2,1-4H3. The molecule has 0 heterocycles. The lowest BCUT2D eigenvalue weighted by Gasteiger charge is -2.20. The lowest BCUT2D eigenvalue weighted by Crippen LogP contribution is -2.33. The minimum Gasteiger partial charge on any atom is -0.496 e. The number of rotatable bonds is 9. The second kappa shape index (κ2) is 9.27. The lowest BCUT2D eigenvalue weighted by atomic mass is 10.1. The molecule has 0 amide bonds. The van der Waals surface area contributed by atoms with E-state index in [1.165, 1.54) is 12.0 Å². The van der Waals surface area contributed by atoms with Gasteiger partial charge in [0.1, 0.15) is 5.75 Å². The second-order valence-corrected chi connectivity index (χ2v) is 6.29. The summed E-state index contributed by atoms with van der Waals surface area (Å²) >= 11 is 2.05. The van der Waals surface area contributed by atoms with Crippen molar-refractivity contribution < 1.29 is 4.74 Å². The van der Waals surface area contributed by atoms with Crippen molar-refractivity contribution in [3.05, 3.63) is 29.8 Å². The van der Waals surface area contributed by atoms with Crippen molar-refractivity contribution >= 4 is 11.8 Å². The van der Waals surface area contributed by atoms with Crippen molar-refractivity contribution in [3.63, 3.8) is 0 Å². The second-order valence-electron chi connectivity index (χ2n) is 4.82. The first-order valence-electron chi connectivity index (χ1n) is 7.18. The number of ether oxygens (including phenoxy) is 1. The summed E-state index contributed by atoms with van der Waals surface area (Å²) < 4.78 is 5.44.